The molecule has 0 spiro atoms. The van der Waals surface area contributed by atoms with Crippen molar-refractivity contribution >= 4 is 5.91 Å². The molecule has 1 aliphatic rings. The van der Waals surface area contributed by atoms with Crippen molar-refractivity contribution in [2.45, 2.75) is 31.1 Å². The van der Waals surface area contributed by atoms with E-state index in [1.807, 2.05) is 30.3 Å². The minimum absolute atomic E-state index is 0.183. The Kier molecular flexibility index (Phi) is 5.65. The van der Waals surface area contributed by atoms with Crippen LogP contribution in [0, 0.1) is 5.92 Å². The van der Waals surface area contributed by atoms with Gasteiger partial charge in [-0.3, -0.25) is 4.79 Å². The normalized spacial score (nSPS) is 22.0. The first-order valence-electron chi connectivity index (χ1n) is 8.85. The van der Waals surface area contributed by atoms with Gasteiger partial charge in [0.1, 0.15) is 0 Å². The number of hydrogen-bond donors (Lipinski definition) is 2. The van der Waals surface area contributed by atoms with Gasteiger partial charge < -0.3 is 11.1 Å². The summed E-state index contributed by atoms with van der Waals surface area (Å²) in [5, 5.41) is 3.51. The number of nitrogens with one attached hydrogen (secondary N) is 1. The highest BCUT2D eigenvalue weighted by Crippen LogP contribution is 2.35. The van der Waals surface area contributed by atoms with Gasteiger partial charge in [0.05, 0.1) is 5.92 Å². The lowest BCUT2D eigenvalue weighted by Crippen LogP contribution is -2.35. The van der Waals surface area contributed by atoms with E-state index in [4.69, 9.17) is 5.73 Å². The summed E-state index contributed by atoms with van der Waals surface area (Å²) >= 11 is 0. The Labute approximate surface area is 144 Å². The molecule has 126 valence electrons. The van der Waals surface area contributed by atoms with Crippen LogP contribution in [0.1, 0.15) is 42.2 Å². The van der Waals surface area contributed by atoms with Crippen molar-refractivity contribution in [3.8, 4) is 0 Å². The van der Waals surface area contributed by atoms with Gasteiger partial charge in [0, 0.05) is 6.54 Å². The monoisotopic (exact) mass is 322 g/mol. The van der Waals surface area contributed by atoms with Crippen LogP contribution in [-0.4, -0.2) is 19.0 Å². The van der Waals surface area contributed by atoms with E-state index in [0.29, 0.717) is 11.8 Å². The van der Waals surface area contributed by atoms with E-state index in [-0.39, 0.29) is 11.8 Å². The van der Waals surface area contributed by atoms with E-state index in [2.05, 4.69) is 35.6 Å². The Balaban J connectivity index is 1.70. The molecule has 0 aliphatic carbocycles. The predicted octanol–water partition coefficient (Wildman–Crippen LogP) is 3.43. The van der Waals surface area contributed by atoms with Gasteiger partial charge in [-0.05, 0) is 48.8 Å². The quantitative estimate of drug-likeness (QED) is 0.856. The first-order chi connectivity index (χ1) is 11.8. The Morgan fingerprint density at radius 3 is 2.42 bits per heavy atom. The third-order valence-electron chi connectivity index (χ3n) is 5.22. The maximum atomic E-state index is 11.9. The van der Waals surface area contributed by atoms with Crippen molar-refractivity contribution in [2.75, 3.05) is 13.1 Å². The number of nitrogens with two attached hydrogens (primary N) is 1. The van der Waals surface area contributed by atoms with Crippen LogP contribution in [0.3, 0.4) is 0 Å². The lowest BCUT2D eigenvalue weighted by molar-refractivity contribution is -0.119. The summed E-state index contributed by atoms with van der Waals surface area (Å²) in [7, 11) is 0. The maximum Gasteiger partial charge on any atom is 0.224 e. The molecule has 0 radical (unpaired) electrons. The smallest absolute Gasteiger partial charge is 0.224 e. The predicted molar refractivity (Wildman–Crippen MR) is 97.8 cm³/mol. The average Bonchev–Trinajstić information content (AvgIpc) is 2.64. The molecule has 0 bridgehead atoms. The molecular formula is C21H26N2O. The average molecular weight is 322 g/mol. The second-order valence-electron chi connectivity index (χ2n) is 6.71. The molecule has 2 aromatic carbocycles. The number of primary amides is 1. The van der Waals surface area contributed by atoms with Gasteiger partial charge in [-0.1, -0.05) is 60.7 Å². The fourth-order valence-corrected chi connectivity index (χ4v) is 3.89. The van der Waals surface area contributed by atoms with Crippen LogP contribution in [0.2, 0.25) is 0 Å². The summed E-state index contributed by atoms with van der Waals surface area (Å²) in [6.45, 7) is 2.07. The summed E-state index contributed by atoms with van der Waals surface area (Å²) < 4.78 is 0. The van der Waals surface area contributed by atoms with Gasteiger partial charge in [0.2, 0.25) is 5.91 Å². The first kappa shape index (κ1) is 16.7. The van der Waals surface area contributed by atoms with Gasteiger partial charge in [-0.15, -0.1) is 0 Å². The van der Waals surface area contributed by atoms with E-state index in [1.165, 1.54) is 5.56 Å². The fraction of sp³-hybridized carbons (Fsp3) is 0.381. The molecule has 2 aromatic rings. The van der Waals surface area contributed by atoms with Gasteiger partial charge in [-0.2, -0.15) is 0 Å². The minimum Gasteiger partial charge on any atom is -0.369 e. The number of benzene rings is 2. The number of rotatable bonds is 6. The van der Waals surface area contributed by atoms with Crippen molar-refractivity contribution in [3.05, 3.63) is 71.8 Å². The summed E-state index contributed by atoms with van der Waals surface area (Å²) in [6.07, 6.45) is 3.01. The topological polar surface area (TPSA) is 55.1 Å². The molecule has 3 nitrogen and oxygen atoms in total. The van der Waals surface area contributed by atoms with E-state index >= 15 is 0 Å². The maximum absolute atomic E-state index is 11.9. The molecule has 0 aromatic heterocycles. The highest BCUT2D eigenvalue weighted by molar-refractivity contribution is 5.81. The Morgan fingerprint density at radius 2 is 1.75 bits per heavy atom. The van der Waals surface area contributed by atoms with Crippen LogP contribution in [0.25, 0.3) is 0 Å². The molecule has 1 fully saturated rings. The Hall–Kier alpha value is -2.13. The number of carbonyl (C=O) groups excluding carboxylic acids is 1. The molecule has 3 heteroatoms. The SMILES string of the molecule is NC(=O)C(CCC1CCNCC1c1ccccc1)c1ccccc1. The second kappa shape index (κ2) is 8.11. The zero-order valence-electron chi connectivity index (χ0n) is 14.0. The van der Waals surface area contributed by atoms with Crippen molar-refractivity contribution in [1.29, 1.82) is 0 Å². The molecule has 3 unspecified atom stereocenters. The molecule has 0 saturated carbocycles. The lowest BCUT2D eigenvalue weighted by Gasteiger charge is -2.33. The van der Waals surface area contributed by atoms with E-state index < -0.39 is 0 Å². The fourth-order valence-electron chi connectivity index (χ4n) is 3.89. The molecule has 1 aliphatic heterocycles. The molecule has 1 saturated heterocycles. The molecule has 1 heterocycles. The van der Waals surface area contributed by atoms with E-state index in [0.717, 1.165) is 37.9 Å². The van der Waals surface area contributed by atoms with Gasteiger partial charge >= 0.3 is 0 Å². The van der Waals surface area contributed by atoms with E-state index in [9.17, 15) is 4.79 Å². The summed E-state index contributed by atoms with van der Waals surface area (Å²) in [6, 6.07) is 20.6. The molecule has 3 rings (SSSR count). The zero-order valence-corrected chi connectivity index (χ0v) is 14.0. The molecule has 24 heavy (non-hydrogen) atoms. The van der Waals surface area contributed by atoms with Gasteiger partial charge in [-0.25, -0.2) is 0 Å². The molecule has 3 atom stereocenters. The van der Waals surface area contributed by atoms with Crippen LogP contribution >= 0.6 is 0 Å². The molecule has 3 N–H and O–H groups in total. The van der Waals surface area contributed by atoms with Crippen LogP contribution in [0.5, 0.6) is 0 Å². The number of amides is 1. The van der Waals surface area contributed by atoms with Gasteiger partial charge in [0.25, 0.3) is 0 Å². The first-order valence-corrected chi connectivity index (χ1v) is 8.85. The molecular weight excluding hydrogens is 296 g/mol. The van der Waals surface area contributed by atoms with Crippen molar-refractivity contribution < 1.29 is 4.79 Å². The van der Waals surface area contributed by atoms with Crippen LogP contribution in [-0.2, 0) is 4.79 Å². The highest BCUT2D eigenvalue weighted by Gasteiger charge is 2.28. The van der Waals surface area contributed by atoms with Crippen molar-refractivity contribution in [3.63, 3.8) is 0 Å². The number of hydrogen-bond acceptors (Lipinski definition) is 2. The summed E-state index contributed by atoms with van der Waals surface area (Å²) in [5.74, 6) is 0.715. The van der Waals surface area contributed by atoms with Crippen LogP contribution in [0.4, 0.5) is 0 Å². The van der Waals surface area contributed by atoms with E-state index in [1.54, 1.807) is 0 Å². The minimum atomic E-state index is -0.216. The summed E-state index contributed by atoms with van der Waals surface area (Å²) in [5.41, 5.74) is 8.11. The summed E-state index contributed by atoms with van der Waals surface area (Å²) in [4.78, 5) is 11.9. The van der Waals surface area contributed by atoms with Gasteiger partial charge in [0.15, 0.2) is 0 Å². The van der Waals surface area contributed by atoms with Crippen molar-refractivity contribution in [2.24, 2.45) is 11.7 Å². The largest absolute Gasteiger partial charge is 0.369 e. The van der Waals surface area contributed by atoms with Crippen molar-refractivity contribution in [1.82, 2.24) is 5.32 Å². The zero-order chi connectivity index (χ0) is 16.8. The second-order valence-corrected chi connectivity index (χ2v) is 6.71. The lowest BCUT2D eigenvalue weighted by atomic mass is 9.77. The Bertz CT molecular complexity index is 641. The third kappa shape index (κ3) is 4.04. The molecule has 1 amide bonds. The number of piperidine rings is 1. The van der Waals surface area contributed by atoms with Crippen LogP contribution in [0.15, 0.2) is 60.7 Å². The third-order valence-corrected chi connectivity index (χ3v) is 5.22. The standard InChI is InChI=1S/C21H26N2O/c22-21(24)19(16-7-3-1-4-8-16)12-11-18-13-14-23-15-20(18)17-9-5-2-6-10-17/h1-10,18-20,23H,11-15H2,(H2,22,24). The highest BCUT2D eigenvalue weighted by atomic mass is 16.1. The van der Waals surface area contributed by atoms with Crippen LogP contribution < -0.4 is 11.1 Å². The number of carbonyl (C=O) groups is 1. The Morgan fingerprint density at radius 1 is 1.08 bits per heavy atom.